The van der Waals surface area contributed by atoms with Crippen molar-refractivity contribution in [3.8, 4) is 0 Å². The Morgan fingerprint density at radius 3 is 2.45 bits per heavy atom. The van der Waals surface area contributed by atoms with Crippen molar-refractivity contribution in [1.82, 2.24) is 0 Å². The van der Waals surface area contributed by atoms with E-state index < -0.39 is 11.7 Å². The molecule has 0 heterocycles. The number of hydrogen-bond donors (Lipinski definition) is 3. The van der Waals surface area contributed by atoms with Gasteiger partial charge in [-0.3, -0.25) is 4.79 Å². The van der Waals surface area contributed by atoms with E-state index in [1.54, 1.807) is 30.3 Å². The van der Waals surface area contributed by atoms with Crippen molar-refractivity contribution < 1.29 is 9.18 Å². The molecule has 0 saturated heterocycles. The normalized spacial score (nSPS) is 10.1. The number of anilines is 2. The third-order valence-electron chi connectivity index (χ3n) is 2.68. The Morgan fingerprint density at radius 1 is 1.10 bits per heavy atom. The Hall–Kier alpha value is -2.47. The molecular weight excluding hydrogens is 277 g/mol. The Morgan fingerprint density at radius 2 is 1.85 bits per heavy atom. The Bertz CT molecular complexity index is 688. The van der Waals surface area contributed by atoms with Crippen molar-refractivity contribution in [1.29, 1.82) is 0 Å². The van der Waals surface area contributed by atoms with Crippen LogP contribution in [0.1, 0.15) is 15.9 Å². The first-order valence-corrected chi connectivity index (χ1v) is 6.14. The van der Waals surface area contributed by atoms with Crippen molar-refractivity contribution in [2.45, 2.75) is 0 Å². The quantitative estimate of drug-likeness (QED) is 0.754. The average Bonchev–Trinajstić information content (AvgIpc) is 2.41. The number of benzene rings is 2. The van der Waals surface area contributed by atoms with Gasteiger partial charge in [0.25, 0.3) is 0 Å². The molecule has 0 bridgehead atoms. The fraction of sp³-hybridized carbons (Fsp3) is 0. The molecule has 0 aliphatic rings. The van der Waals surface area contributed by atoms with Crippen LogP contribution >= 0.6 is 12.2 Å². The molecule has 0 radical (unpaired) electrons. The van der Waals surface area contributed by atoms with E-state index in [1.807, 2.05) is 0 Å². The zero-order valence-corrected chi connectivity index (χ0v) is 11.2. The lowest BCUT2D eigenvalue weighted by Gasteiger charge is -2.09. The minimum absolute atomic E-state index is 0.131. The van der Waals surface area contributed by atoms with E-state index >= 15 is 0 Å². The number of nitrogens with two attached hydrogens (primary N) is 2. The lowest BCUT2D eigenvalue weighted by atomic mass is 10.1. The van der Waals surface area contributed by atoms with E-state index in [9.17, 15) is 9.18 Å². The van der Waals surface area contributed by atoms with E-state index in [0.29, 0.717) is 16.8 Å². The standard InChI is InChI=1S/C14H12FN3OS/c15-11-7-9(14(17)20)4-5-12(11)18-10-3-1-2-8(6-10)13(16)19/h1-7,18H,(H2,16,19)(H2,17,20). The lowest BCUT2D eigenvalue weighted by molar-refractivity contribution is 0.100. The van der Waals surface area contributed by atoms with Crippen molar-refractivity contribution >= 4 is 34.5 Å². The third kappa shape index (κ3) is 3.10. The monoisotopic (exact) mass is 289 g/mol. The maximum Gasteiger partial charge on any atom is 0.248 e. The Kier molecular flexibility index (Phi) is 3.95. The first-order chi connectivity index (χ1) is 9.47. The zero-order chi connectivity index (χ0) is 14.7. The molecule has 6 heteroatoms. The fourth-order valence-corrected chi connectivity index (χ4v) is 1.80. The molecule has 0 fully saturated rings. The molecule has 0 atom stereocenters. The number of amides is 1. The van der Waals surface area contributed by atoms with Crippen LogP contribution in [-0.4, -0.2) is 10.9 Å². The second kappa shape index (κ2) is 5.66. The minimum atomic E-state index is -0.544. The summed E-state index contributed by atoms with van der Waals surface area (Å²) in [6, 6.07) is 10.9. The summed E-state index contributed by atoms with van der Waals surface area (Å²) in [5.41, 5.74) is 12.2. The maximum atomic E-state index is 13.9. The second-order valence-corrected chi connectivity index (χ2v) is 4.57. The van der Waals surface area contributed by atoms with Crippen LogP contribution < -0.4 is 16.8 Å². The Labute approximate surface area is 120 Å². The summed E-state index contributed by atoms with van der Waals surface area (Å²) in [6.07, 6.45) is 0. The number of primary amides is 1. The summed E-state index contributed by atoms with van der Waals surface area (Å²) in [7, 11) is 0. The van der Waals surface area contributed by atoms with Gasteiger partial charge >= 0.3 is 0 Å². The number of nitrogens with one attached hydrogen (secondary N) is 1. The van der Waals surface area contributed by atoms with E-state index in [4.69, 9.17) is 23.7 Å². The Balaban J connectivity index is 2.28. The van der Waals surface area contributed by atoms with Gasteiger partial charge in [0.1, 0.15) is 10.8 Å². The molecule has 0 saturated carbocycles. The van der Waals surface area contributed by atoms with Crippen molar-refractivity contribution in [3.63, 3.8) is 0 Å². The molecule has 0 aliphatic heterocycles. The number of rotatable bonds is 4. The highest BCUT2D eigenvalue weighted by molar-refractivity contribution is 7.80. The first kappa shape index (κ1) is 14.0. The highest BCUT2D eigenvalue weighted by Gasteiger charge is 2.07. The molecule has 0 aromatic heterocycles. The number of carbonyl (C=O) groups excluding carboxylic acids is 1. The molecule has 2 aromatic carbocycles. The molecular formula is C14H12FN3OS. The predicted molar refractivity (Wildman–Crippen MR) is 80.5 cm³/mol. The molecule has 2 rings (SSSR count). The largest absolute Gasteiger partial charge is 0.389 e. The van der Waals surface area contributed by atoms with Crippen LogP contribution in [0.2, 0.25) is 0 Å². The summed E-state index contributed by atoms with van der Waals surface area (Å²) in [6.45, 7) is 0. The average molecular weight is 289 g/mol. The van der Waals surface area contributed by atoms with Crippen molar-refractivity contribution in [2.24, 2.45) is 11.5 Å². The van der Waals surface area contributed by atoms with E-state index in [-0.39, 0.29) is 10.7 Å². The van der Waals surface area contributed by atoms with Gasteiger partial charge in [-0.1, -0.05) is 18.3 Å². The van der Waals surface area contributed by atoms with Gasteiger partial charge in [-0.05, 0) is 36.4 Å². The third-order valence-corrected chi connectivity index (χ3v) is 2.92. The summed E-state index contributed by atoms with van der Waals surface area (Å²) in [4.78, 5) is 11.2. The van der Waals surface area contributed by atoms with E-state index in [0.717, 1.165) is 0 Å². The van der Waals surface area contributed by atoms with E-state index in [2.05, 4.69) is 5.32 Å². The smallest absolute Gasteiger partial charge is 0.248 e. The SMILES string of the molecule is NC(=O)c1cccc(Nc2ccc(C(N)=S)cc2F)c1. The molecule has 1 amide bonds. The van der Waals surface area contributed by atoms with Gasteiger partial charge in [-0.15, -0.1) is 0 Å². The number of thiocarbonyl (C=S) groups is 1. The predicted octanol–water partition coefficient (Wildman–Crippen LogP) is 2.30. The number of halogens is 1. The second-order valence-electron chi connectivity index (χ2n) is 4.13. The first-order valence-electron chi connectivity index (χ1n) is 5.73. The summed E-state index contributed by atoms with van der Waals surface area (Å²) in [5.74, 6) is -1.03. The highest BCUT2D eigenvalue weighted by Crippen LogP contribution is 2.21. The molecule has 0 aliphatic carbocycles. The van der Waals surface area contributed by atoms with Crippen LogP contribution in [-0.2, 0) is 0 Å². The van der Waals surface area contributed by atoms with Crippen LogP contribution in [0.5, 0.6) is 0 Å². The highest BCUT2D eigenvalue weighted by atomic mass is 32.1. The number of carbonyl (C=O) groups is 1. The molecule has 5 N–H and O–H groups in total. The van der Waals surface area contributed by atoms with Crippen molar-refractivity contribution in [2.75, 3.05) is 5.32 Å². The molecule has 102 valence electrons. The fourth-order valence-electron chi connectivity index (χ4n) is 1.68. The summed E-state index contributed by atoms with van der Waals surface area (Å²) >= 11 is 4.78. The molecule has 4 nitrogen and oxygen atoms in total. The molecule has 2 aromatic rings. The summed E-state index contributed by atoms with van der Waals surface area (Å²) in [5, 5.41) is 2.87. The topological polar surface area (TPSA) is 81.1 Å². The summed E-state index contributed by atoms with van der Waals surface area (Å²) < 4.78 is 13.9. The van der Waals surface area contributed by atoms with Gasteiger partial charge in [0.15, 0.2) is 0 Å². The van der Waals surface area contributed by atoms with Crippen LogP contribution in [0, 0.1) is 5.82 Å². The van der Waals surface area contributed by atoms with Gasteiger partial charge in [0.05, 0.1) is 5.69 Å². The van der Waals surface area contributed by atoms with E-state index in [1.165, 1.54) is 12.1 Å². The molecule has 0 spiro atoms. The van der Waals surface area contributed by atoms with Crippen LogP contribution in [0.3, 0.4) is 0 Å². The van der Waals surface area contributed by atoms with Gasteiger partial charge < -0.3 is 16.8 Å². The number of hydrogen-bond acceptors (Lipinski definition) is 3. The van der Waals surface area contributed by atoms with Gasteiger partial charge in [0, 0.05) is 16.8 Å². The molecule has 20 heavy (non-hydrogen) atoms. The van der Waals surface area contributed by atoms with Crippen LogP contribution in [0.4, 0.5) is 15.8 Å². The van der Waals surface area contributed by atoms with Crippen molar-refractivity contribution in [3.05, 3.63) is 59.4 Å². The maximum absolute atomic E-state index is 13.9. The van der Waals surface area contributed by atoms with Gasteiger partial charge in [-0.2, -0.15) is 0 Å². The van der Waals surface area contributed by atoms with Gasteiger partial charge in [0.2, 0.25) is 5.91 Å². The van der Waals surface area contributed by atoms with Gasteiger partial charge in [-0.25, -0.2) is 4.39 Å². The zero-order valence-electron chi connectivity index (χ0n) is 10.4. The minimum Gasteiger partial charge on any atom is -0.389 e. The van der Waals surface area contributed by atoms with Crippen LogP contribution in [0.25, 0.3) is 0 Å². The van der Waals surface area contributed by atoms with Crippen LogP contribution in [0.15, 0.2) is 42.5 Å². The molecule has 0 unspecified atom stereocenters. The lowest BCUT2D eigenvalue weighted by Crippen LogP contribution is -2.11.